The molecular formula is C18H28N2O6S2. The van der Waals surface area contributed by atoms with Crippen molar-refractivity contribution < 1.29 is 26.3 Å². The van der Waals surface area contributed by atoms with Gasteiger partial charge in [0.05, 0.1) is 42.0 Å². The quantitative estimate of drug-likeness (QED) is 0.636. The van der Waals surface area contributed by atoms with Crippen molar-refractivity contribution in [1.82, 2.24) is 10.2 Å². The molecule has 2 saturated heterocycles. The minimum absolute atomic E-state index is 0.132. The third-order valence-corrected chi connectivity index (χ3v) is 9.48. The van der Waals surface area contributed by atoms with Gasteiger partial charge in [-0.3, -0.25) is 4.90 Å². The number of hydrogen-bond donors (Lipinski definition) is 1. The summed E-state index contributed by atoms with van der Waals surface area (Å²) in [7, 11) is -5.68. The summed E-state index contributed by atoms with van der Waals surface area (Å²) >= 11 is 0. The zero-order chi connectivity index (χ0) is 20.4. The molecule has 1 N–H and O–H groups in total. The standard InChI is InChI=1S/C18H28N2O6S2/c1-14-11-15(3-4-17(14)25-2)28(23,24)18-13-27(21,22)12-16(18)19-5-6-20-7-9-26-10-8-20/h3-4,11,16,18-19H,5-10,12-13H2,1-2H3/t16-,18+/m0/s1. The Bertz CT molecular complexity index is 895. The molecule has 1 aromatic carbocycles. The number of nitrogens with one attached hydrogen (secondary N) is 1. The molecule has 0 amide bonds. The van der Waals surface area contributed by atoms with Crippen LogP contribution in [0.25, 0.3) is 0 Å². The van der Waals surface area contributed by atoms with Crippen molar-refractivity contribution >= 4 is 19.7 Å². The summed E-state index contributed by atoms with van der Waals surface area (Å²) < 4.78 is 61.3. The summed E-state index contributed by atoms with van der Waals surface area (Å²) in [6.07, 6.45) is 0. The van der Waals surface area contributed by atoms with Crippen molar-refractivity contribution in [2.75, 3.05) is 58.0 Å². The summed E-state index contributed by atoms with van der Waals surface area (Å²) in [6, 6.07) is 4.02. The van der Waals surface area contributed by atoms with E-state index in [0.717, 1.165) is 19.6 Å². The molecule has 10 heteroatoms. The second-order valence-corrected chi connectivity index (χ2v) is 11.6. The first kappa shape index (κ1) is 21.5. The highest BCUT2D eigenvalue weighted by molar-refractivity contribution is 7.96. The number of ether oxygens (including phenoxy) is 2. The van der Waals surface area contributed by atoms with Gasteiger partial charge in [0, 0.05) is 32.2 Å². The fraction of sp³-hybridized carbons (Fsp3) is 0.667. The second-order valence-electron chi connectivity index (χ2n) is 7.31. The topological polar surface area (TPSA) is 102 Å². The van der Waals surface area contributed by atoms with Crippen LogP contribution in [0.5, 0.6) is 5.75 Å². The van der Waals surface area contributed by atoms with Crippen LogP contribution >= 0.6 is 0 Å². The van der Waals surface area contributed by atoms with Gasteiger partial charge in [0.1, 0.15) is 5.75 Å². The first-order valence-corrected chi connectivity index (χ1v) is 12.7. The Labute approximate surface area is 167 Å². The largest absolute Gasteiger partial charge is 0.496 e. The van der Waals surface area contributed by atoms with E-state index in [-0.39, 0.29) is 16.4 Å². The van der Waals surface area contributed by atoms with Crippen LogP contribution in [0.15, 0.2) is 23.1 Å². The van der Waals surface area contributed by atoms with Gasteiger partial charge in [0.25, 0.3) is 0 Å². The van der Waals surface area contributed by atoms with Crippen molar-refractivity contribution in [2.24, 2.45) is 0 Å². The minimum atomic E-state index is -3.79. The van der Waals surface area contributed by atoms with Gasteiger partial charge < -0.3 is 14.8 Å². The second kappa shape index (κ2) is 8.66. The Morgan fingerprint density at radius 1 is 1.25 bits per heavy atom. The van der Waals surface area contributed by atoms with Gasteiger partial charge >= 0.3 is 0 Å². The summed E-state index contributed by atoms with van der Waals surface area (Å²) in [5, 5.41) is 2.19. The van der Waals surface area contributed by atoms with Crippen LogP contribution in [0.1, 0.15) is 5.56 Å². The Morgan fingerprint density at radius 3 is 2.61 bits per heavy atom. The molecule has 0 bridgehead atoms. The first-order chi connectivity index (χ1) is 13.2. The van der Waals surface area contributed by atoms with Crippen LogP contribution in [-0.2, 0) is 24.4 Å². The summed E-state index contributed by atoms with van der Waals surface area (Å²) in [5.41, 5.74) is 0.696. The van der Waals surface area contributed by atoms with E-state index in [1.54, 1.807) is 19.1 Å². The van der Waals surface area contributed by atoms with Crippen LogP contribution in [0.3, 0.4) is 0 Å². The molecule has 2 fully saturated rings. The molecule has 8 nitrogen and oxygen atoms in total. The van der Waals surface area contributed by atoms with E-state index < -0.39 is 31.0 Å². The molecule has 0 unspecified atom stereocenters. The lowest BCUT2D eigenvalue weighted by molar-refractivity contribution is 0.0382. The van der Waals surface area contributed by atoms with Gasteiger partial charge in [-0.2, -0.15) is 0 Å². The minimum Gasteiger partial charge on any atom is -0.496 e. The van der Waals surface area contributed by atoms with Crippen molar-refractivity contribution in [2.45, 2.75) is 23.1 Å². The van der Waals surface area contributed by atoms with Crippen LogP contribution in [0, 0.1) is 6.92 Å². The summed E-state index contributed by atoms with van der Waals surface area (Å²) in [5.74, 6) is 0.0864. The lowest BCUT2D eigenvalue weighted by atomic mass is 10.2. The fourth-order valence-electron chi connectivity index (χ4n) is 3.75. The van der Waals surface area contributed by atoms with Crippen molar-refractivity contribution in [1.29, 1.82) is 0 Å². The van der Waals surface area contributed by atoms with Crippen LogP contribution in [-0.4, -0.2) is 91.0 Å². The highest BCUT2D eigenvalue weighted by Crippen LogP contribution is 2.29. The number of hydrogen-bond acceptors (Lipinski definition) is 8. The molecule has 158 valence electrons. The molecule has 3 rings (SSSR count). The smallest absolute Gasteiger partial charge is 0.183 e. The SMILES string of the molecule is COc1ccc(S(=O)(=O)[C@@H]2CS(=O)(=O)C[C@@H]2NCCN2CCOCC2)cc1C. The van der Waals surface area contributed by atoms with E-state index in [1.807, 2.05) is 0 Å². The Hall–Kier alpha value is -1.20. The van der Waals surface area contributed by atoms with Crippen molar-refractivity contribution in [3.8, 4) is 5.75 Å². The maximum absolute atomic E-state index is 13.2. The van der Waals surface area contributed by atoms with Crippen LogP contribution in [0.2, 0.25) is 0 Å². The number of aryl methyl sites for hydroxylation is 1. The predicted octanol–water partition coefficient (Wildman–Crippen LogP) is -0.135. The van der Waals surface area contributed by atoms with Gasteiger partial charge in [0.15, 0.2) is 19.7 Å². The van der Waals surface area contributed by atoms with Crippen LogP contribution < -0.4 is 10.1 Å². The van der Waals surface area contributed by atoms with E-state index in [4.69, 9.17) is 9.47 Å². The summed E-state index contributed by atoms with van der Waals surface area (Å²) in [4.78, 5) is 2.35. The monoisotopic (exact) mass is 432 g/mol. The van der Waals surface area contributed by atoms with Crippen LogP contribution in [0.4, 0.5) is 0 Å². The maximum atomic E-state index is 13.2. The zero-order valence-corrected chi connectivity index (χ0v) is 17.9. The number of sulfone groups is 2. The molecule has 0 radical (unpaired) electrons. The van der Waals surface area contributed by atoms with E-state index in [1.165, 1.54) is 13.2 Å². The molecular weight excluding hydrogens is 404 g/mol. The normalized spacial score (nSPS) is 25.6. The van der Waals surface area contributed by atoms with Gasteiger partial charge in [-0.15, -0.1) is 0 Å². The lowest BCUT2D eigenvalue weighted by Crippen LogP contribution is -2.47. The number of rotatable bonds is 7. The van der Waals surface area contributed by atoms with Gasteiger partial charge in [-0.05, 0) is 30.7 Å². The molecule has 2 atom stereocenters. The number of methoxy groups -OCH3 is 1. The van der Waals surface area contributed by atoms with E-state index in [0.29, 0.717) is 31.1 Å². The average molecular weight is 433 g/mol. The van der Waals surface area contributed by atoms with Crippen molar-refractivity contribution in [3.63, 3.8) is 0 Å². The van der Waals surface area contributed by atoms with Gasteiger partial charge in [-0.25, -0.2) is 16.8 Å². The third kappa shape index (κ3) is 4.85. The molecule has 0 aromatic heterocycles. The molecule has 2 aliphatic rings. The highest BCUT2D eigenvalue weighted by Gasteiger charge is 2.45. The van der Waals surface area contributed by atoms with Crippen molar-refractivity contribution in [3.05, 3.63) is 23.8 Å². The number of benzene rings is 1. The van der Waals surface area contributed by atoms with Gasteiger partial charge in [0.2, 0.25) is 0 Å². The molecule has 0 aliphatic carbocycles. The maximum Gasteiger partial charge on any atom is 0.183 e. The highest BCUT2D eigenvalue weighted by atomic mass is 32.2. The molecule has 2 heterocycles. The lowest BCUT2D eigenvalue weighted by Gasteiger charge is -2.27. The van der Waals surface area contributed by atoms with Gasteiger partial charge in [-0.1, -0.05) is 0 Å². The third-order valence-electron chi connectivity index (χ3n) is 5.33. The fourth-order valence-corrected chi connectivity index (χ4v) is 8.55. The molecule has 1 aromatic rings. The number of nitrogens with zero attached hydrogens (tertiary/aromatic N) is 1. The molecule has 0 spiro atoms. The Morgan fingerprint density at radius 2 is 1.96 bits per heavy atom. The molecule has 28 heavy (non-hydrogen) atoms. The van der Waals surface area contributed by atoms with E-state index in [9.17, 15) is 16.8 Å². The number of morpholine rings is 1. The van der Waals surface area contributed by atoms with E-state index >= 15 is 0 Å². The first-order valence-electron chi connectivity index (χ1n) is 9.35. The Kier molecular flexibility index (Phi) is 6.65. The Balaban J connectivity index is 1.74. The average Bonchev–Trinajstić information content (AvgIpc) is 2.98. The molecule has 0 saturated carbocycles. The summed E-state index contributed by atoms with van der Waals surface area (Å²) in [6.45, 7) is 6.07. The van der Waals surface area contributed by atoms with E-state index in [2.05, 4.69) is 10.2 Å². The molecule has 2 aliphatic heterocycles. The zero-order valence-electron chi connectivity index (χ0n) is 16.3. The predicted molar refractivity (Wildman–Crippen MR) is 106 cm³/mol.